The van der Waals surface area contributed by atoms with Crippen LogP contribution in [0.2, 0.25) is 0 Å². The first kappa shape index (κ1) is 10.3. The molecule has 2 N–H and O–H groups in total. The van der Waals surface area contributed by atoms with Crippen molar-refractivity contribution in [3.63, 3.8) is 0 Å². The Morgan fingerprint density at radius 1 is 1.18 bits per heavy atom. The predicted molar refractivity (Wildman–Crippen MR) is 70.5 cm³/mol. The van der Waals surface area contributed by atoms with Crippen molar-refractivity contribution in [1.82, 2.24) is 14.6 Å². The number of halogens is 1. The zero-order valence-electron chi connectivity index (χ0n) is 8.84. The molecule has 0 fully saturated rings. The van der Waals surface area contributed by atoms with E-state index in [9.17, 15) is 0 Å². The van der Waals surface area contributed by atoms with Crippen molar-refractivity contribution in [2.24, 2.45) is 0 Å². The van der Waals surface area contributed by atoms with E-state index in [0.717, 1.165) is 15.7 Å². The third kappa shape index (κ3) is 1.78. The lowest BCUT2D eigenvalue weighted by atomic mass is 10.2. The van der Waals surface area contributed by atoms with E-state index < -0.39 is 0 Å². The van der Waals surface area contributed by atoms with Crippen molar-refractivity contribution in [3.8, 4) is 11.4 Å². The monoisotopic (exact) mass is 288 g/mol. The summed E-state index contributed by atoms with van der Waals surface area (Å²) in [5.41, 5.74) is 8.15. The number of rotatable bonds is 1. The number of hydrogen-bond donors (Lipinski definition) is 1. The maximum Gasteiger partial charge on any atom is 0.182 e. The van der Waals surface area contributed by atoms with Crippen LogP contribution in [0.1, 0.15) is 0 Å². The van der Waals surface area contributed by atoms with Crippen LogP contribution in [0.5, 0.6) is 0 Å². The van der Waals surface area contributed by atoms with Gasteiger partial charge >= 0.3 is 0 Å². The Morgan fingerprint density at radius 2 is 1.94 bits per heavy atom. The van der Waals surface area contributed by atoms with Gasteiger partial charge in [0.2, 0.25) is 0 Å². The van der Waals surface area contributed by atoms with Crippen LogP contribution in [-0.2, 0) is 0 Å². The standard InChI is InChI=1S/C12H9BrN4/c13-10-6-9(14)7-17-12(10)15-11(16-17)8-4-2-1-3-5-8/h1-7H,14H2. The van der Waals surface area contributed by atoms with Crippen LogP contribution in [0.4, 0.5) is 5.69 Å². The summed E-state index contributed by atoms with van der Waals surface area (Å²) in [5, 5.41) is 4.40. The molecule has 0 spiro atoms. The van der Waals surface area contributed by atoms with Crippen LogP contribution in [0.15, 0.2) is 47.1 Å². The van der Waals surface area contributed by atoms with Gasteiger partial charge in [0.25, 0.3) is 0 Å². The summed E-state index contributed by atoms with van der Waals surface area (Å²) in [4.78, 5) is 4.47. The molecule has 0 atom stereocenters. The molecule has 84 valence electrons. The van der Waals surface area contributed by atoms with Gasteiger partial charge in [0.15, 0.2) is 11.5 Å². The first-order chi connectivity index (χ1) is 8.24. The molecule has 0 bridgehead atoms. The first-order valence-electron chi connectivity index (χ1n) is 5.11. The highest BCUT2D eigenvalue weighted by molar-refractivity contribution is 9.10. The Kier molecular flexibility index (Phi) is 2.33. The maximum absolute atomic E-state index is 5.75. The van der Waals surface area contributed by atoms with Crippen LogP contribution < -0.4 is 5.73 Å². The SMILES string of the molecule is Nc1cc(Br)c2nc(-c3ccccc3)nn2c1. The van der Waals surface area contributed by atoms with Crippen LogP contribution >= 0.6 is 15.9 Å². The quantitative estimate of drug-likeness (QED) is 0.749. The normalized spacial score (nSPS) is 10.9. The van der Waals surface area contributed by atoms with Crippen molar-refractivity contribution in [3.05, 3.63) is 47.1 Å². The van der Waals surface area contributed by atoms with Crippen molar-refractivity contribution in [2.45, 2.75) is 0 Å². The lowest BCUT2D eigenvalue weighted by Gasteiger charge is -1.96. The fraction of sp³-hybridized carbons (Fsp3) is 0. The summed E-state index contributed by atoms with van der Waals surface area (Å²) in [5.74, 6) is 0.692. The molecule has 0 saturated heterocycles. The molecular formula is C12H9BrN4. The van der Waals surface area contributed by atoms with Gasteiger partial charge in [-0.25, -0.2) is 9.50 Å². The molecule has 3 rings (SSSR count). The Morgan fingerprint density at radius 3 is 2.71 bits per heavy atom. The molecule has 1 aromatic carbocycles. The summed E-state index contributed by atoms with van der Waals surface area (Å²) in [6.45, 7) is 0. The van der Waals surface area contributed by atoms with Crippen molar-refractivity contribution in [1.29, 1.82) is 0 Å². The molecule has 2 heterocycles. The van der Waals surface area contributed by atoms with Crippen molar-refractivity contribution >= 4 is 27.3 Å². The Balaban J connectivity index is 2.24. The zero-order chi connectivity index (χ0) is 11.8. The number of hydrogen-bond acceptors (Lipinski definition) is 3. The molecule has 2 aromatic heterocycles. The second-order valence-electron chi connectivity index (χ2n) is 3.69. The summed E-state index contributed by atoms with van der Waals surface area (Å²) in [6.07, 6.45) is 1.75. The minimum Gasteiger partial charge on any atom is -0.397 e. The molecule has 3 aromatic rings. The number of nitrogens with zero attached hydrogens (tertiary/aromatic N) is 3. The molecule has 0 radical (unpaired) electrons. The van der Waals surface area contributed by atoms with Gasteiger partial charge in [-0.15, -0.1) is 5.10 Å². The Labute approximate surface area is 106 Å². The molecule has 4 nitrogen and oxygen atoms in total. The van der Waals surface area contributed by atoms with E-state index in [1.807, 2.05) is 36.4 Å². The van der Waals surface area contributed by atoms with Gasteiger partial charge in [0.1, 0.15) is 0 Å². The smallest absolute Gasteiger partial charge is 0.182 e. The highest BCUT2D eigenvalue weighted by Gasteiger charge is 2.08. The Bertz CT molecular complexity index is 676. The lowest BCUT2D eigenvalue weighted by molar-refractivity contribution is 0.965. The Hall–Kier alpha value is -1.88. The first-order valence-corrected chi connectivity index (χ1v) is 5.90. The number of fused-ring (bicyclic) bond motifs is 1. The molecule has 0 unspecified atom stereocenters. The highest BCUT2D eigenvalue weighted by atomic mass is 79.9. The van der Waals surface area contributed by atoms with E-state index >= 15 is 0 Å². The van der Waals surface area contributed by atoms with Gasteiger partial charge < -0.3 is 5.73 Å². The van der Waals surface area contributed by atoms with E-state index in [2.05, 4.69) is 26.0 Å². The van der Waals surface area contributed by atoms with Gasteiger partial charge in [-0.3, -0.25) is 0 Å². The number of aromatic nitrogens is 3. The van der Waals surface area contributed by atoms with Gasteiger partial charge in [-0.2, -0.15) is 0 Å². The molecule has 0 aliphatic heterocycles. The third-order valence-electron chi connectivity index (χ3n) is 2.44. The van der Waals surface area contributed by atoms with Crippen LogP contribution in [0.3, 0.4) is 0 Å². The summed E-state index contributed by atoms with van der Waals surface area (Å²) < 4.78 is 2.52. The number of benzene rings is 1. The minimum absolute atomic E-state index is 0.647. The molecule has 0 aliphatic rings. The van der Waals surface area contributed by atoms with Crippen LogP contribution in [0.25, 0.3) is 17.0 Å². The third-order valence-corrected chi connectivity index (χ3v) is 3.03. The molecule has 0 aliphatic carbocycles. The number of nitrogens with two attached hydrogens (primary N) is 1. The zero-order valence-corrected chi connectivity index (χ0v) is 10.4. The fourth-order valence-electron chi connectivity index (χ4n) is 1.68. The fourth-order valence-corrected chi connectivity index (χ4v) is 2.21. The molecule has 17 heavy (non-hydrogen) atoms. The molecule has 0 amide bonds. The van der Waals surface area contributed by atoms with E-state index in [1.165, 1.54) is 0 Å². The maximum atomic E-state index is 5.75. The number of pyridine rings is 1. The van der Waals surface area contributed by atoms with Crippen LogP contribution in [-0.4, -0.2) is 14.6 Å². The molecular weight excluding hydrogens is 280 g/mol. The van der Waals surface area contributed by atoms with Gasteiger partial charge in [-0.05, 0) is 22.0 Å². The van der Waals surface area contributed by atoms with E-state index in [1.54, 1.807) is 10.7 Å². The van der Waals surface area contributed by atoms with Gasteiger partial charge in [-0.1, -0.05) is 30.3 Å². The van der Waals surface area contributed by atoms with E-state index in [-0.39, 0.29) is 0 Å². The van der Waals surface area contributed by atoms with Gasteiger partial charge in [0, 0.05) is 5.56 Å². The molecule has 0 saturated carbocycles. The molecule has 5 heteroatoms. The average molecular weight is 289 g/mol. The van der Waals surface area contributed by atoms with Crippen molar-refractivity contribution in [2.75, 3.05) is 5.73 Å². The second kappa shape index (κ2) is 3.85. The minimum atomic E-state index is 0.647. The number of nitrogen functional groups attached to an aromatic ring is 1. The largest absolute Gasteiger partial charge is 0.397 e. The highest BCUT2D eigenvalue weighted by Crippen LogP contribution is 2.22. The van der Waals surface area contributed by atoms with Gasteiger partial charge in [0.05, 0.1) is 16.4 Å². The summed E-state index contributed by atoms with van der Waals surface area (Å²) >= 11 is 3.43. The van der Waals surface area contributed by atoms with E-state index in [0.29, 0.717) is 11.5 Å². The lowest BCUT2D eigenvalue weighted by Crippen LogP contribution is -1.92. The second-order valence-corrected chi connectivity index (χ2v) is 4.55. The summed E-state index contributed by atoms with van der Waals surface area (Å²) in [6, 6.07) is 11.7. The van der Waals surface area contributed by atoms with E-state index in [4.69, 9.17) is 5.73 Å². The average Bonchev–Trinajstić information content (AvgIpc) is 2.74. The predicted octanol–water partition coefficient (Wildman–Crippen LogP) is 2.74. The number of anilines is 1. The summed E-state index contributed by atoms with van der Waals surface area (Å²) in [7, 11) is 0. The van der Waals surface area contributed by atoms with Crippen LogP contribution in [0, 0.1) is 0 Å². The topological polar surface area (TPSA) is 56.2 Å². The van der Waals surface area contributed by atoms with Crippen molar-refractivity contribution < 1.29 is 0 Å².